The first kappa shape index (κ1) is 32.0. The summed E-state index contributed by atoms with van der Waals surface area (Å²) in [6, 6.07) is 76.6. The van der Waals surface area contributed by atoms with Gasteiger partial charge < -0.3 is 9.32 Å². The number of benzene rings is 10. The summed E-state index contributed by atoms with van der Waals surface area (Å²) in [4.78, 5) is 2.42. The summed E-state index contributed by atoms with van der Waals surface area (Å²) in [6.45, 7) is 0. The molecule has 0 saturated carbocycles. The molecule has 10 aromatic carbocycles. The fraction of sp³-hybridized carbons (Fsp3) is 0. The van der Waals surface area contributed by atoms with E-state index in [1.165, 1.54) is 49.0 Å². The molecule has 0 spiro atoms. The van der Waals surface area contributed by atoms with Crippen molar-refractivity contribution >= 4 is 71.3 Å². The smallest absolute Gasteiger partial charge is 0.136 e. The Morgan fingerprint density at radius 1 is 0.286 bits per heavy atom. The second-order valence-electron chi connectivity index (χ2n) is 14.5. The average Bonchev–Trinajstić information content (AvgIpc) is 3.63. The summed E-state index contributed by atoms with van der Waals surface area (Å²) in [7, 11) is 0. The lowest BCUT2D eigenvalue weighted by Gasteiger charge is -2.30. The van der Waals surface area contributed by atoms with Crippen molar-refractivity contribution in [3.8, 4) is 33.4 Å². The molecule has 1 aromatic heterocycles. The van der Waals surface area contributed by atoms with Gasteiger partial charge in [0.1, 0.15) is 11.2 Å². The molecule has 2 heteroatoms. The van der Waals surface area contributed by atoms with Crippen molar-refractivity contribution in [1.29, 1.82) is 0 Å². The highest BCUT2D eigenvalue weighted by molar-refractivity contribution is 6.13. The number of furan rings is 1. The lowest BCUT2D eigenvalue weighted by molar-refractivity contribution is 0.669. The van der Waals surface area contributed by atoms with Crippen LogP contribution in [0.1, 0.15) is 0 Å². The molecule has 262 valence electrons. The Hall–Kier alpha value is -7.42. The summed E-state index contributed by atoms with van der Waals surface area (Å²) >= 11 is 0. The van der Waals surface area contributed by atoms with Gasteiger partial charge in [0.15, 0.2) is 0 Å². The first-order valence-corrected chi connectivity index (χ1v) is 19.2. The summed E-state index contributed by atoms with van der Waals surface area (Å²) < 4.78 is 6.42. The van der Waals surface area contributed by atoms with Crippen LogP contribution in [-0.4, -0.2) is 0 Å². The molecule has 56 heavy (non-hydrogen) atoms. The largest absolute Gasteiger partial charge is 0.456 e. The van der Waals surface area contributed by atoms with Crippen molar-refractivity contribution in [3.63, 3.8) is 0 Å². The number of para-hydroxylation sites is 2. The molecule has 0 unspecified atom stereocenters. The van der Waals surface area contributed by atoms with Crippen molar-refractivity contribution < 1.29 is 4.42 Å². The van der Waals surface area contributed by atoms with E-state index in [1.54, 1.807) is 0 Å². The van der Waals surface area contributed by atoms with Crippen LogP contribution in [0.5, 0.6) is 0 Å². The third kappa shape index (κ3) is 5.34. The van der Waals surface area contributed by atoms with Gasteiger partial charge in [0.05, 0.1) is 11.4 Å². The Morgan fingerprint density at radius 3 is 1.64 bits per heavy atom. The van der Waals surface area contributed by atoms with Gasteiger partial charge in [-0.1, -0.05) is 164 Å². The van der Waals surface area contributed by atoms with E-state index in [1.807, 2.05) is 0 Å². The van der Waals surface area contributed by atoms with E-state index in [9.17, 15) is 0 Å². The monoisotopic (exact) mass is 713 g/mol. The van der Waals surface area contributed by atoms with Crippen LogP contribution in [0.3, 0.4) is 0 Å². The third-order valence-corrected chi connectivity index (χ3v) is 11.2. The van der Waals surface area contributed by atoms with Crippen LogP contribution in [0.15, 0.2) is 217 Å². The Morgan fingerprint density at radius 2 is 0.857 bits per heavy atom. The molecule has 0 aliphatic rings. The van der Waals surface area contributed by atoms with Gasteiger partial charge in [-0.2, -0.15) is 0 Å². The maximum Gasteiger partial charge on any atom is 0.136 e. The second kappa shape index (κ2) is 13.2. The highest BCUT2D eigenvalue weighted by Gasteiger charge is 2.21. The number of rotatable bonds is 6. The molecule has 0 aliphatic carbocycles. The zero-order valence-electron chi connectivity index (χ0n) is 30.6. The molecule has 0 bridgehead atoms. The van der Waals surface area contributed by atoms with E-state index in [4.69, 9.17) is 4.42 Å². The van der Waals surface area contributed by atoms with Crippen LogP contribution >= 0.6 is 0 Å². The van der Waals surface area contributed by atoms with Crippen molar-refractivity contribution in [2.75, 3.05) is 4.90 Å². The average molecular weight is 714 g/mol. The predicted octanol–water partition coefficient (Wildman–Crippen LogP) is 15.5. The van der Waals surface area contributed by atoms with Crippen molar-refractivity contribution in [2.24, 2.45) is 0 Å². The van der Waals surface area contributed by atoms with Crippen molar-refractivity contribution in [3.05, 3.63) is 212 Å². The second-order valence-corrected chi connectivity index (χ2v) is 14.5. The molecule has 0 atom stereocenters. The third-order valence-electron chi connectivity index (χ3n) is 11.2. The van der Waals surface area contributed by atoms with Crippen LogP contribution < -0.4 is 4.90 Å². The van der Waals surface area contributed by atoms with Gasteiger partial charge in [0.2, 0.25) is 0 Å². The Balaban J connectivity index is 1.09. The van der Waals surface area contributed by atoms with E-state index in [0.29, 0.717) is 0 Å². The lowest BCUT2D eigenvalue weighted by atomic mass is 9.94. The number of hydrogen-bond donors (Lipinski definition) is 0. The van der Waals surface area contributed by atoms with Crippen molar-refractivity contribution in [1.82, 2.24) is 0 Å². The summed E-state index contributed by atoms with van der Waals surface area (Å²) in [5, 5.41) is 9.68. The fourth-order valence-corrected chi connectivity index (χ4v) is 8.56. The summed E-state index contributed by atoms with van der Waals surface area (Å²) in [5.74, 6) is 0. The highest BCUT2D eigenvalue weighted by Crippen LogP contribution is 2.46. The van der Waals surface area contributed by atoms with E-state index in [2.05, 4.69) is 217 Å². The van der Waals surface area contributed by atoms with E-state index >= 15 is 0 Å². The van der Waals surface area contributed by atoms with E-state index in [-0.39, 0.29) is 0 Å². The zero-order valence-corrected chi connectivity index (χ0v) is 30.6. The molecule has 0 amide bonds. The first-order chi connectivity index (χ1) is 27.8. The van der Waals surface area contributed by atoms with Crippen LogP contribution in [0.25, 0.3) is 87.6 Å². The summed E-state index contributed by atoms with van der Waals surface area (Å²) in [5.41, 5.74) is 12.1. The Labute approximate surface area is 325 Å². The maximum atomic E-state index is 6.42. The number of fused-ring (bicyclic) bond motifs is 7. The Kier molecular flexibility index (Phi) is 7.53. The number of hydrogen-bond acceptors (Lipinski definition) is 2. The lowest BCUT2D eigenvalue weighted by Crippen LogP contribution is -2.12. The molecule has 0 N–H and O–H groups in total. The van der Waals surface area contributed by atoms with Crippen LogP contribution in [0.2, 0.25) is 0 Å². The van der Waals surface area contributed by atoms with Gasteiger partial charge in [-0.05, 0) is 103 Å². The molecule has 2 nitrogen and oxygen atoms in total. The normalized spacial score (nSPS) is 11.6. The van der Waals surface area contributed by atoms with Crippen LogP contribution in [0, 0.1) is 0 Å². The Bertz CT molecular complexity index is 3250. The SMILES string of the molecule is c1ccc(-c2ccccc2N(c2ccc(-c3cccc4c3ccc3ccccc34)cc2)c2ccccc2-c2ccc3oc4cc5ccccc5cc4c3c2)cc1. The van der Waals surface area contributed by atoms with Crippen LogP contribution in [-0.2, 0) is 0 Å². The predicted molar refractivity (Wildman–Crippen MR) is 237 cm³/mol. The minimum atomic E-state index is 0.889. The fourth-order valence-electron chi connectivity index (χ4n) is 8.56. The molecule has 1 heterocycles. The molecule has 0 fully saturated rings. The van der Waals surface area contributed by atoms with Gasteiger partial charge in [0, 0.05) is 27.6 Å². The van der Waals surface area contributed by atoms with Gasteiger partial charge in [-0.3, -0.25) is 0 Å². The number of nitrogens with zero attached hydrogens (tertiary/aromatic N) is 1. The minimum absolute atomic E-state index is 0.889. The zero-order chi connectivity index (χ0) is 37.0. The first-order valence-electron chi connectivity index (χ1n) is 19.2. The molecule has 11 aromatic rings. The maximum absolute atomic E-state index is 6.42. The standard InChI is InChI=1S/C54H35NO/c1-2-13-36(14-3-1)45-19-8-10-23-51(45)55(42-29-25-38(26-30-42)44-21-12-22-47-43-18-7-6-15-37(43)27-31-48(44)47)52-24-11-9-20-46(52)41-28-32-53-49(34-41)50-33-39-16-4-5-17-40(39)35-54(50)56-53/h1-35H. The highest BCUT2D eigenvalue weighted by atomic mass is 16.3. The molecule has 0 saturated heterocycles. The van der Waals surface area contributed by atoms with E-state index in [0.717, 1.165) is 55.7 Å². The topological polar surface area (TPSA) is 16.4 Å². The van der Waals surface area contributed by atoms with Gasteiger partial charge >= 0.3 is 0 Å². The van der Waals surface area contributed by atoms with Gasteiger partial charge in [0.25, 0.3) is 0 Å². The molecular weight excluding hydrogens is 679 g/mol. The van der Waals surface area contributed by atoms with Crippen LogP contribution in [0.4, 0.5) is 17.1 Å². The molecule has 11 rings (SSSR count). The van der Waals surface area contributed by atoms with E-state index < -0.39 is 0 Å². The molecular formula is C54H35NO. The quantitative estimate of drug-likeness (QED) is 0.160. The molecule has 0 radical (unpaired) electrons. The number of anilines is 3. The summed E-state index contributed by atoms with van der Waals surface area (Å²) in [6.07, 6.45) is 0. The minimum Gasteiger partial charge on any atom is -0.456 e. The van der Waals surface area contributed by atoms with Gasteiger partial charge in [-0.25, -0.2) is 0 Å². The van der Waals surface area contributed by atoms with Gasteiger partial charge in [-0.15, -0.1) is 0 Å². The molecule has 0 aliphatic heterocycles. The van der Waals surface area contributed by atoms with Crippen molar-refractivity contribution in [2.45, 2.75) is 0 Å².